The predicted octanol–water partition coefficient (Wildman–Crippen LogP) is 4.36. The van der Waals surface area contributed by atoms with E-state index in [2.05, 4.69) is 53.1 Å². The summed E-state index contributed by atoms with van der Waals surface area (Å²) in [6.07, 6.45) is 0. The Balaban J connectivity index is 0.000000249. The van der Waals surface area contributed by atoms with E-state index in [4.69, 9.17) is 0 Å². The van der Waals surface area contributed by atoms with Gasteiger partial charge in [0.2, 0.25) is 0 Å². The summed E-state index contributed by atoms with van der Waals surface area (Å²) in [6, 6.07) is 20.8. The van der Waals surface area contributed by atoms with Gasteiger partial charge in [0, 0.05) is 0 Å². The van der Waals surface area contributed by atoms with Crippen molar-refractivity contribution >= 4 is 8.03 Å². The first-order valence-corrected chi connectivity index (χ1v) is 6.92. The Morgan fingerprint density at radius 3 is 1.35 bits per heavy atom. The number of hydrogen-bond donors (Lipinski definition) is 0. The molecule has 2 rings (SSSR count). The highest BCUT2D eigenvalue weighted by atomic mass is 31.1. The van der Waals surface area contributed by atoms with Crippen LogP contribution in [0.5, 0.6) is 0 Å². The molecule has 0 fully saturated rings. The van der Waals surface area contributed by atoms with Crippen LogP contribution in [0.3, 0.4) is 0 Å². The Bertz CT molecular complexity index is 403. The molecule has 0 aliphatic heterocycles. The van der Waals surface area contributed by atoms with Crippen molar-refractivity contribution in [3.05, 3.63) is 60.7 Å². The first-order valence-electron chi connectivity index (χ1n) is 5.29. The van der Waals surface area contributed by atoms with E-state index in [9.17, 15) is 4.57 Å². The van der Waals surface area contributed by atoms with E-state index in [1.54, 1.807) is 0 Å². The van der Waals surface area contributed by atoms with Crippen molar-refractivity contribution in [3.63, 3.8) is 0 Å². The molecule has 1 unspecified atom stereocenters. The Morgan fingerprint density at radius 2 is 1.12 bits per heavy atom. The molecule has 0 saturated carbocycles. The molecule has 2 aromatic rings. The van der Waals surface area contributed by atoms with Crippen molar-refractivity contribution in [3.8, 4) is 11.1 Å². The second-order valence-electron chi connectivity index (χ2n) is 3.35. The standard InChI is InChI=1S/C12H10.C2H6O2P/c1-3-7-11(8-4-1)12-9-5-2-6-10-12;1-4-5(2)3/h1-10H;1-2H3/q;+1. The Morgan fingerprint density at radius 1 is 0.824 bits per heavy atom. The zero-order valence-electron chi connectivity index (χ0n) is 10.0. The molecule has 88 valence electrons. The average molecular weight is 247 g/mol. The van der Waals surface area contributed by atoms with Crippen LogP contribution >= 0.6 is 8.03 Å². The zero-order chi connectivity index (χ0) is 12.5. The van der Waals surface area contributed by atoms with Gasteiger partial charge in [-0.05, 0) is 15.7 Å². The smallest absolute Gasteiger partial charge is 0.150 e. The minimum absolute atomic E-state index is 1.28. The molecule has 0 aromatic heterocycles. The number of hydrogen-bond acceptors (Lipinski definition) is 2. The minimum atomic E-state index is -1.35. The molecule has 0 aliphatic carbocycles. The van der Waals surface area contributed by atoms with Crippen LogP contribution in [0.2, 0.25) is 0 Å². The van der Waals surface area contributed by atoms with Crippen molar-refractivity contribution in [1.82, 2.24) is 0 Å². The summed E-state index contributed by atoms with van der Waals surface area (Å²) < 4.78 is 14.0. The third-order valence-electron chi connectivity index (χ3n) is 2.14. The molecule has 3 heteroatoms. The van der Waals surface area contributed by atoms with Crippen molar-refractivity contribution in [2.75, 3.05) is 13.8 Å². The quantitative estimate of drug-likeness (QED) is 0.737. The first kappa shape index (κ1) is 13.6. The van der Waals surface area contributed by atoms with Crippen LogP contribution in [-0.4, -0.2) is 13.8 Å². The highest BCUT2D eigenvalue weighted by Crippen LogP contribution is 2.17. The molecule has 0 N–H and O–H groups in total. The van der Waals surface area contributed by atoms with Crippen LogP contribution in [0, 0.1) is 0 Å². The molecule has 2 aromatic carbocycles. The first-order chi connectivity index (χ1) is 8.24. The lowest BCUT2D eigenvalue weighted by atomic mass is 10.1. The van der Waals surface area contributed by atoms with Gasteiger partial charge in [0.1, 0.15) is 0 Å². The summed E-state index contributed by atoms with van der Waals surface area (Å²) in [5.74, 6) is 0. The van der Waals surface area contributed by atoms with Gasteiger partial charge in [-0.2, -0.15) is 0 Å². The fourth-order valence-corrected chi connectivity index (χ4v) is 1.26. The van der Waals surface area contributed by atoms with Gasteiger partial charge in [-0.1, -0.05) is 60.7 Å². The highest BCUT2D eigenvalue weighted by molar-refractivity contribution is 7.38. The van der Waals surface area contributed by atoms with Crippen LogP contribution in [0.4, 0.5) is 0 Å². The lowest BCUT2D eigenvalue weighted by molar-refractivity contribution is 0.419. The van der Waals surface area contributed by atoms with E-state index in [-0.39, 0.29) is 0 Å². The predicted molar refractivity (Wildman–Crippen MR) is 72.4 cm³/mol. The number of rotatable bonds is 2. The highest BCUT2D eigenvalue weighted by Gasteiger charge is 1.96. The maximum atomic E-state index is 9.74. The Labute approximate surface area is 103 Å². The van der Waals surface area contributed by atoms with E-state index in [0.29, 0.717) is 0 Å². The minimum Gasteiger partial charge on any atom is -0.150 e. The lowest BCUT2D eigenvalue weighted by Crippen LogP contribution is -1.73. The van der Waals surface area contributed by atoms with E-state index in [0.717, 1.165) is 0 Å². The maximum absolute atomic E-state index is 9.74. The summed E-state index contributed by atoms with van der Waals surface area (Å²) in [5.41, 5.74) is 2.55. The third kappa shape index (κ3) is 5.39. The van der Waals surface area contributed by atoms with Gasteiger partial charge >= 0.3 is 8.03 Å². The molecule has 0 spiro atoms. The largest absolute Gasteiger partial charge is 0.504 e. The van der Waals surface area contributed by atoms with Gasteiger partial charge in [-0.25, -0.2) is 0 Å². The molecule has 2 nitrogen and oxygen atoms in total. The monoisotopic (exact) mass is 247 g/mol. The van der Waals surface area contributed by atoms with Gasteiger partial charge in [0.05, 0.1) is 7.11 Å². The van der Waals surface area contributed by atoms with Gasteiger partial charge in [-0.15, -0.1) is 4.52 Å². The van der Waals surface area contributed by atoms with Gasteiger partial charge in [-0.3, -0.25) is 0 Å². The van der Waals surface area contributed by atoms with E-state index in [1.165, 1.54) is 24.9 Å². The van der Waals surface area contributed by atoms with Crippen LogP contribution in [0.1, 0.15) is 0 Å². The van der Waals surface area contributed by atoms with Gasteiger partial charge < -0.3 is 0 Å². The second-order valence-corrected chi connectivity index (χ2v) is 4.60. The van der Waals surface area contributed by atoms with Crippen LogP contribution in [0.15, 0.2) is 60.7 Å². The van der Waals surface area contributed by atoms with Crippen LogP contribution in [-0.2, 0) is 9.09 Å². The molecule has 0 aliphatic rings. The Hall–Kier alpha value is -1.50. The Kier molecular flexibility index (Phi) is 6.16. The summed E-state index contributed by atoms with van der Waals surface area (Å²) in [6.45, 7) is 1.51. The second kappa shape index (κ2) is 7.72. The van der Waals surface area contributed by atoms with Crippen LogP contribution < -0.4 is 0 Å². The molecule has 1 atom stereocenters. The molecule has 0 bridgehead atoms. The molecular formula is C14H16O2P+. The topological polar surface area (TPSA) is 26.3 Å². The maximum Gasteiger partial charge on any atom is 0.504 e. The summed E-state index contributed by atoms with van der Waals surface area (Å²) in [7, 11) is 0.0671. The summed E-state index contributed by atoms with van der Waals surface area (Å²) in [4.78, 5) is 0. The molecule has 0 radical (unpaired) electrons. The third-order valence-corrected chi connectivity index (χ3v) is 2.65. The molecule has 0 amide bonds. The zero-order valence-corrected chi connectivity index (χ0v) is 10.9. The van der Waals surface area contributed by atoms with Crippen molar-refractivity contribution in [1.29, 1.82) is 0 Å². The van der Waals surface area contributed by atoms with E-state index in [1.807, 2.05) is 12.1 Å². The normalized spacial score (nSPS) is 10.1. The summed E-state index contributed by atoms with van der Waals surface area (Å²) >= 11 is 0. The molecule has 17 heavy (non-hydrogen) atoms. The van der Waals surface area contributed by atoms with Crippen molar-refractivity contribution in [2.24, 2.45) is 0 Å². The molecule has 0 heterocycles. The fourth-order valence-electron chi connectivity index (χ4n) is 1.26. The van der Waals surface area contributed by atoms with Gasteiger partial charge in [0.15, 0.2) is 6.66 Å². The fraction of sp³-hybridized carbons (Fsp3) is 0.143. The lowest BCUT2D eigenvalue weighted by Gasteiger charge is -1.98. The van der Waals surface area contributed by atoms with E-state index >= 15 is 0 Å². The van der Waals surface area contributed by atoms with E-state index < -0.39 is 8.03 Å². The van der Waals surface area contributed by atoms with Crippen LogP contribution in [0.25, 0.3) is 11.1 Å². The van der Waals surface area contributed by atoms with Gasteiger partial charge in [0.25, 0.3) is 0 Å². The van der Waals surface area contributed by atoms with Crippen molar-refractivity contribution < 1.29 is 9.09 Å². The van der Waals surface area contributed by atoms with Crippen molar-refractivity contribution in [2.45, 2.75) is 0 Å². The molecular weight excluding hydrogens is 231 g/mol. The average Bonchev–Trinajstić information content (AvgIpc) is 2.41. The molecule has 0 saturated heterocycles. The number of benzene rings is 2. The summed E-state index contributed by atoms with van der Waals surface area (Å²) in [5, 5.41) is 0. The SMILES string of the molecule is CO[P+](C)=O.c1ccc(-c2ccccc2)cc1.